The van der Waals surface area contributed by atoms with Gasteiger partial charge in [-0.25, -0.2) is 9.97 Å². The standard InChI is InChI=1S/2C20H18N4.4C2H6/c1-15-12-19(23-17-10-6-3-7-11-17)24-20(18(15)13-21)22-14-16-8-4-2-5-9-16;1-15-12-19(22-14-16-8-4-2-5-9-16)24-20(18(15)13-21)23-17-10-6-3-7-11-17;4*1-2/h2*2-12H,14H2,1H3,(H2,22,23,24);4*1-2H3. The molecule has 0 fully saturated rings. The van der Waals surface area contributed by atoms with Crippen LogP contribution in [0.25, 0.3) is 0 Å². The van der Waals surface area contributed by atoms with Crippen molar-refractivity contribution >= 4 is 34.6 Å². The zero-order valence-electron chi connectivity index (χ0n) is 34.9. The predicted octanol–water partition coefficient (Wildman–Crippen LogP) is 13.3. The first-order valence-corrected chi connectivity index (χ1v) is 19.6. The highest BCUT2D eigenvalue weighted by atomic mass is 15.1. The summed E-state index contributed by atoms with van der Waals surface area (Å²) in [6, 6.07) is 48.0. The Kier molecular flexibility index (Phi) is 24.4. The third kappa shape index (κ3) is 16.2. The number of rotatable bonds is 10. The van der Waals surface area contributed by atoms with E-state index in [9.17, 15) is 10.5 Å². The summed E-state index contributed by atoms with van der Waals surface area (Å²) in [4.78, 5) is 9.14. The van der Waals surface area contributed by atoms with Crippen LogP contribution >= 0.6 is 0 Å². The summed E-state index contributed by atoms with van der Waals surface area (Å²) >= 11 is 0. The maximum Gasteiger partial charge on any atom is 0.151 e. The van der Waals surface area contributed by atoms with Gasteiger partial charge < -0.3 is 21.3 Å². The summed E-state index contributed by atoms with van der Waals surface area (Å²) in [5.74, 6) is 2.63. The molecular weight excluding hydrogens is 689 g/mol. The molecule has 0 spiro atoms. The minimum Gasteiger partial charge on any atom is -0.366 e. The number of hydrogen-bond acceptors (Lipinski definition) is 8. The quantitative estimate of drug-likeness (QED) is 0.109. The number of hydrogen-bond donors (Lipinski definition) is 4. The first-order valence-electron chi connectivity index (χ1n) is 19.6. The van der Waals surface area contributed by atoms with Crippen LogP contribution < -0.4 is 21.3 Å². The summed E-state index contributed by atoms with van der Waals surface area (Å²) in [5, 5.41) is 31.9. The molecule has 0 saturated heterocycles. The molecule has 2 aromatic heterocycles. The number of nitrogens with one attached hydrogen (secondary N) is 4. The lowest BCUT2D eigenvalue weighted by Crippen LogP contribution is -2.06. The molecule has 6 aromatic rings. The number of pyridine rings is 2. The van der Waals surface area contributed by atoms with Gasteiger partial charge in [0.25, 0.3) is 0 Å². The largest absolute Gasteiger partial charge is 0.366 e. The van der Waals surface area contributed by atoms with Crippen molar-refractivity contribution in [3.63, 3.8) is 0 Å². The van der Waals surface area contributed by atoms with E-state index in [-0.39, 0.29) is 0 Å². The Labute approximate surface area is 336 Å². The third-order valence-electron chi connectivity index (χ3n) is 7.36. The molecule has 0 aliphatic heterocycles. The summed E-state index contributed by atoms with van der Waals surface area (Å²) < 4.78 is 0. The van der Waals surface area contributed by atoms with Crippen LogP contribution in [-0.4, -0.2) is 9.97 Å². The van der Waals surface area contributed by atoms with E-state index in [0.29, 0.717) is 41.7 Å². The number of benzene rings is 4. The normalized spacial score (nSPS) is 9.00. The van der Waals surface area contributed by atoms with Crippen molar-refractivity contribution in [2.75, 3.05) is 21.3 Å². The highest BCUT2D eigenvalue weighted by Gasteiger charge is 2.12. The molecule has 0 aliphatic carbocycles. The zero-order valence-corrected chi connectivity index (χ0v) is 34.9. The Morgan fingerprint density at radius 3 is 1.25 bits per heavy atom. The van der Waals surface area contributed by atoms with Crippen LogP contribution in [0, 0.1) is 36.5 Å². The van der Waals surface area contributed by atoms with Gasteiger partial charge in [0.15, 0.2) is 5.82 Å². The van der Waals surface area contributed by atoms with E-state index in [4.69, 9.17) is 0 Å². The first kappa shape index (κ1) is 47.4. The van der Waals surface area contributed by atoms with Crippen molar-refractivity contribution in [2.24, 2.45) is 0 Å². The van der Waals surface area contributed by atoms with Crippen LogP contribution in [-0.2, 0) is 13.1 Å². The minimum atomic E-state index is 0.559. The number of aryl methyl sites for hydroxylation is 2. The highest BCUT2D eigenvalue weighted by Crippen LogP contribution is 2.25. The van der Waals surface area contributed by atoms with Gasteiger partial charge in [-0.1, -0.05) is 152 Å². The smallest absolute Gasteiger partial charge is 0.151 e. The van der Waals surface area contributed by atoms with Crippen molar-refractivity contribution in [1.29, 1.82) is 10.5 Å². The molecule has 0 amide bonds. The lowest BCUT2D eigenvalue weighted by atomic mass is 10.1. The Morgan fingerprint density at radius 2 is 0.804 bits per heavy atom. The van der Waals surface area contributed by atoms with Gasteiger partial charge in [0, 0.05) is 24.5 Å². The van der Waals surface area contributed by atoms with Crippen molar-refractivity contribution in [3.8, 4) is 12.1 Å². The molecule has 4 aromatic carbocycles. The van der Waals surface area contributed by atoms with E-state index in [0.717, 1.165) is 33.9 Å². The maximum atomic E-state index is 9.43. The number of anilines is 6. The van der Waals surface area contributed by atoms with Crippen LogP contribution in [0.3, 0.4) is 0 Å². The van der Waals surface area contributed by atoms with Crippen molar-refractivity contribution in [3.05, 3.63) is 167 Å². The molecule has 0 bridgehead atoms. The maximum absolute atomic E-state index is 9.43. The fourth-order valence-electron chi connectivity index (χ4n) is 4.90. The molecule has 0 saturated carbocycles. The zero-order chi connectivity index (χ0) is 41.6. The van der Waals surface area contributed by atoms with E-state index < -0.39 is 0 Å². The second kappa shape index (κ2) is 28.8. The van der Waals surface area contributed by atoms with Gasteiger partial charge in [-0.05, 0) is 72.5 Å². The fourth-order valence-corrected chi connectivity index (χ4v) is 4.90. The number of nitriles is 2. The van der Waals surface area contributed by atoms with E-state index in [1.54, 1.807) is 0 Å². The van der Waals surface area contributed by atoms with Crippen LogP contribution in [0.2, 0.25) is 0 Å². The molecule has 8 nitrogen and oxygen atoms in total. The van der Waals surface area contributed by atoms with Gasteiger partial charge in [0.2, 0.25) is 0 Å². The summed E-state index contributed by atoms with van der Waals surface area (Å²) in [6.45, 7) is 21.1. The Bertz CT molecular complexity index is 2000. The van der Waals surface area contributed by atoms with Gasteiger partial charge in [-0.15, -0.1) is 0 Å². The van der Waals surface area contributed by atoms with Crippen molar-refractivity contribution in [1.82, 2.24) is 9.97 Å². The Morgan fingerprint density at radius 1 is 0.446 bits per heavy atom. The molecule has 0 radical (unpaired) electrons. The Balaban J connectivity index is 0.000000476. The van der Waals surface area contributed by atoms with Crippen LogP contribution in [0.4, 0.5) is 34.6 Å². The van der Waals surface area contributed by atoms with Crippen LogP contribution in [0.1, 0.15) is 88.8 Å². The molecule has 4 N–H and O–H groups in total. The average molecular weight is 749 g/mol. The van der Waals surface area contributed by atoms with E-state index in [1.807, 2.05) is 191 Å². The lowest BCUT2D eigenvalue weighted by Gasteiger charge is -2.13. The highest BCUT2D eigenvalue weighted by molar-refractivity contribution is 5.67. The molecule has 8 heteroatoms. The summed E-state index contributed by atoms with van der Waals surface area (Å²) in [5.41, 5.74) is 7.10. The second-order valence-electron chi connectivity index (χ2n) is 11.0. The molecule has 2 heterocycles. The molecule has 0 aliphatic rings. The number of aromatic nitrogens is 2. The molecule has 0 atom stereocenters. The average Bonchev–Trinajstić information content (AvgIpc) is 3.26. The summed E-state index contributed by atoms with van der Waals surface area (Å²) in [7, 11) is 0. The Hall–Kier alpha value is -6.64. The SMILES string of the molecule is CC.CC.CC.CC.Cc1cc(NCc2ccccc2)nc(Nc2ccccc2)c1C#N.Cc1cc(Nc2ccccc2)nc(NCc2ccccc2)c1C#N. The predicted molar refractivity (Wildman–Crippen MR) is 240 cm³/mol. The molecule has 6 rings (SSSR count). The molecule has 0 unspecified atom stereocenters. The second-order valence-corrected chi connectivity index (χ2v) is 11.0. The van der Waals surface area contributed by atoms with Crippen LogP contribution in [0.15, 0.2) is 133 Å². The lowest BCUT2D eigenvalue weighted by molar-refractivity contribution is 1.10. The van der Waals surface area contributed by atoms with Gasteiger partial charge in [-0.2, -0.15) is 10.5 Å². The molecule has 292 valence electrons. The van der Waals surface area contributed by atoms with Gasteiger partial charge in [0.1, 0.15) is 29.6 Å². The fraction of sp³-hybridized carbons (Fsp3) is 0.250. The van der Waals surface area contributed by atoms with E-state index in [2.05, 4.69) is 55.5 Å². The van der Waals surface area contributed by atoms with Gasteiger partial charge in [-0.3, -0.25) is 0 Å². The first-order chi connectivity index (χ1) is 27.5. The monoisotopic (exact) mass is 748 g/mol. The van der Waals surface area contributed by atoms with Crippen LogP contribution in [0.5, 0.6) is 0 Å². The number of para-hydroxylation sites is 2. The van der Waals surface area contributed by atoms with E-state index in [1.165, 1.54) is 5.56 Å². The van der Waals surface area contributed by atoms with E-state index >= 15 is 0 Å². The van der Waals surface area contributed by atoms with Gasteiger partial charge >= 0.3 is 0 Å². The van der Waals surface area contributed by atoms with Crippen molar-refractivity contribution in [2.45, 2.75) is 82.3 Å². The summed E-state index contributed by atoms with van der Waals surface area (Å²) in [6.07, 6.45) is 0. The molecule has 56 heavy (non-hydrogen) atoms. The molecular formula is C48H60N8. The topological polar surface area (TPSA) is 121 Å². The van der Waals surface area contributed by atoms with Crippen molar-refractivity contribution < 1.29 is 0 Å². The third-order valence-corrected chi connectivity index (χ3v) is 7.36. The van der Waals surface area contributed by atoms with Gasteiger partial charge in [0.05, 0.1) is 11.1 Å². The minimum absolute atomic E-state index is 0.559. The number of nitrogens with zero attached hydrogens (tertiary/aromatic N) is 4.